The second-order valence-electron chi connectivity index (χ2n) is 5.75. The highest BCUT2D eigenvalue weighted by atomic mass is 35.5. The summed E-state index contributed by atoms with van der Waals surface area (Å²) in [4.78, 5) is 24.3. The van der Waals surface area contributed by atoms with Gasteiger partial charge >= 0.3 is 5.76 Å². The molecule has 0 atom stereocenters. The smallest absolute Gasteiger partial charge is 0.419 e. The SMILES string of the molecule is O=C(CCn1c(=O)oc2cc(Cl)ccc21)Nc1cccc(-c2nnco2)c1. The van der Waals surface area contributed by atoms with Crippen LogP contribution in [0, 0.1) is 0 Å². The largest absolute Gasteiger partial charge is 0.423 e. The fourth-order valence-electron chi connectivity index (χ4n) is 2.72. The molecule has 2 aromatic carbocycles. The van der Waals surface area contributed by atoms with E-state index in [1.54, 1.807) is 42.5 Å². The standard InChI is InChI=1S/C18H13ClN4O4/c19-12-4-5-14-15(9-12)27-18(25)23(14)7-6-16(24)21-13-3-1-2-11(8-13)17-22-20-10-26-17/h1-5,8-10H,6-7H2,(H,21,24). The van der Waals surface area contributed by atoms with Gasteiger partial charge in [0, 0.05) is 35.3 Å². The molecule has 0 spiro atoms. The number of anilines is 1. The first-order valence-electron chi connectivity index (χ1n) is 8.05. The van der Waals surface area contributed by atoms with E-state index in [0.29, 0.717) is 33.3 Å². The van der Waals surface area contributed by atoms with Gasteiger partial charge in [-0.15, -0.1) is 10.2 Å². The van der Waals surface area contributed by atoms with Crippen molar-refractivity contribution in [2.24, 2.45) is 0 Å². The Bertz CT molecular complexity index is 1160. The third-order valence-corrected chi connectivity index (χ3v) is 4.18. The molecular weight excluding hydrogens is 372 g/mol. The van der Waals surface area contributed by atoms with Gasteiger partial charge in [-0.1, -0.05) is 17.7 Å². The molecule has 0 aliphatic heterocycles. The molecule has 1 amide bonds. The summed E-state index contributed by atoms with van der Waals surface area (Å²) in [7, 11) is 0. The summed E-state index contributed by atoms with van der Waals surface area (Å²) in [5, 5.41) is 10.7. The summed E-state index contributed by atoms with van der Waals surface area (Å²) in [5.41, 5.74) is 2.27. The van der Waals surface area contributed by atoms with Crippen molar-refractivity contribution < 1.29 is 13.6 Å². The third-order valence-electron chi connectivity index (χ3n) is 3.95. The molecule has 0 fully saturated rings. The van der Waals surface area contributed by atoms with Gasteiger partial charge < -0.3 is 14.2 Å². The van der Waals surface area contributed by atoms with Crippen LogP contribution >= 0.6 is 11.6 Å². The van der Waals surface area contributed by atoms with Gasteiger partial charge in [-0.3, -0.25) is 9.36 Å². The summed E-state index contributed by atoms with van der Waals surface area (Å²) in [6.45, 7) is 0.183. The minimum Gasteiger partial charge on any atom is -0.423 e. The van der Waals surface area contributed by atoms with Crippen LogP contribution < -0.4 is 11.1 Å². The van der Waals surface area contributed by atoms with Crippen molar-refractivity contribution in [3.63, 3.8) is 0 Å². The van der Waals surface area contributed by atoms with Crippen LogP contribution in [-0.2, 0) is 11.3 Å². The first-order valence-corrected chi connectivity index (χ1v) is 8.43. The molecule has 4 rings (SSSR count). The van der Waals surface area contributed by atoms with Gasteiger partial charge in [-0.25, -0.2) is 4.79 Å². The Balaban J connectivity index is 1.46. The lowest BCUT2D eigenvalue weighted by Crippen LogP contribution is -2.19. The number of amides is 1. The summed E-state index contributed by atoms with van der Waals surface area (Å²) in [6, 6.07) is 12.0. The predicted octanol–water partition coefficient (Wildman–Crippen LogP) is 3.33. The summed E-state index contributed by atoms with van der Waals surface area (Å²) in [5.74, 6) is -0.410. The Hall–Kier alpha value is -3.39. The Labute approximate surface area is 157 Å². The highest BCUT2D eigenvalue weighted by Crippen LogP contribution is 2.21. The number of fused-ring (bicyclic) bond motifs is 1. The number of halogens is 1. The Kier molecular flexibility index (Phi) is 4.47. The van der Waals surface area contributed by atoms with Crippen molar-refractivity contribution in [3.8, 4) is 11.5 Å². The molecule has 0 unspecified atom stereocenters. The number of aryl methyl sites for hydroxylation is 1. The van der Waals surface area contributed by atoms with E-state index in [0.717, 1.165) is 0 Å². The zero-order valence-corrected chi connectivity index (χ0v) is 14.6. The first kappa shape index (κ1) is 17.0. The molecule has 8 nitrogen and oxygen atoms in total. The van der Waals surface area contributed by atoms with Crippen molar-refractivity contribution in [1.82, 2.24) is 14.8 Å². The molecule has 0 bridgehead atoms. The van der Waals surface area contributed by atoms with Crippen LogP contribution in [0.5, 0.6) is 0 Å². The second-order valence-corrected chi connectivity index (χ2v) is 6.19. The lowest BCUT2D eigenvalue weighted by atomic mass is 10.2. The van der Waals surface area contributed by atoms with Crippen molar-refractivity contribution in [1.29, 1.82) is 0 Å². The van der Waals surface area contributed by atoms with E-state index >= 15 is 0 Å². The molecule has 9 heteroatoms. The number of nitrogens with zero attached hydrogens (tertiary/aromatic N) is 3. The minimum absolute atomic E-state index is 0.0992. The number of oxazole rings is 1. The van der Waals surface area contributed by atoms with Gasteiger partial charge in [0.25, 0.3) is 0 Å². The van der Waals surface area contributed by atoms with Gasteiger partial charge in [0.15, 0.2) is 5.58 Å². The molecular formula is C18H13ClN4O4. The maximum atomic E-state index is 12.3. The number of nitrogens with one attached hydrogen (secondary N) is 1. The van der Waals surface area contributed by atoms with E-state index in [1.165, 1.54) is 11.0 Å². The normalized spacial score (nSPS) is 11.0. The molecule has 2 heterocycles. The maximum absolute atomic E-state index is 12.3. The van der Waals surface area contributed by atoms with Crippen molar-refractivity contribution in [2.45, 2.75) is 13.0 Å². The third kappa shape index (κ3) is 3.61. The molecule has 27 heavy (non-hydrogen) atoms. The first-order chi connectivity index (χ1) is 13.1. The fourth-order valence-corrected chi connectivity index (χ4v) is 2.88. The second kappa shape index (κ2) is 7.08. The number of hydrogen-bond donors (Lipinski definition) is 1. The minimum atomic E-state index is -0.529. The Morgan fingerprint density at radius 1 is 1.22 bits per heavy atom. The van der Waals surface area contributed by atoms with Gasteiger partial charge in [0.2, 0.25) is 18.2 Å². The number of rotatable bonds is 5. The number of aromatic nitrogens is 3. The van der Waals surface area contributed by atoms with Gasteiger partial charge in [0.1, 0.15) is 0 Å². The molecule has 0 aliphatic carbocycles. The van der Waals surface area contributed by atoms with Gasteiger partial charge in [-0.2, -0.15) is 0 Å². The van der Waals surface area contributed by atoms with Crippen LogP contribution in [0.2, 0.25) is 5.02 Å². The molecule has 136 valence electrons. The fraction of sp³-hybridized carbons (Fsp3) is 0.111. The molecule has 0 saturated carbocycles. The summed E-state index contributed by atoms with van der Waals surface area (Å²) >= 11 is 5.90. The molecule has 0 radical (unpaired) electrons. The topological polar surface area (TPSA) is 103 Å². The van der Waals surface area contributed by atoms with Gasteiger partial charge in [-0.05, 0) is 30.3 Å². The molecule has 0 saturated heterocycles. The van der Waals surface area contributed by atoms with E-state index in [4.69, 9.17) is 20.4 Å². The average molecular weight is 385 g/mol. The molecule has 2 aromatic heterocycles. The summed E-state index contributed by atoms with van der Waals surface area (Å²) in [6.07, 6.45) is 1.34. The Morgan fingerprint density at radius 3 is 2.93 bits per heavy atom. The number of carbonyl (C=O) groups is 1. The van der Waals surface area contributed by atoms with Crippen LogP contribution in [-0.4, -0.2) is 20.7 Å². The number of carbonyl (C=O) groups excluding carboxylic acids is 1. The van der Waals surface area contributed by atoms with Crippen LogP contribution in [0.4, 0.5) is 5.69 Å². The Morgan fingerprint density at radius 2 is 2.11 bits per heavy atom. The zero-order chi connectivity index (χ0) is 18.8. The predicted molar refractivity (Wildman–Crippen MR) is 98.5 cm³/mol. The number of benzene rings is 2. The van der Waals surface area contributed by atoms with Crippen LogP contribution in [0.1, 0.15) is 6.42 Å². The molecule has 4 aromatic rings. The molecule has 1 N–H and O–H groups in total. The van der Waals surface area contributed by atoms with Crippen molar-refractivity contribution in [2.75, 3.05) is 5.32 Å². The van der Waals surface area contributed by atoms with E-state index in [1.807, 2.05) is 0 Å². The van der Waals surface area contributed by atoms with Crippen molar-refractivity contribution >= 4 is 34.3 Å². The average Bonchev–Trinajstić information content (AvgIpc) is 3.27. The zero-order valence-electron chi connectivity index (χ0n) is 13.9. The van der Waals surface area contributed by atoms with Crippen molar-refractivity contribution in [3.05, 3.63) is 64.4 Å². The monoisotopic (exact) mass is 384 g/mol. The highest BCUT2D eigenvalue weighted by molar-refractivity contribution is 6.31. The van der Waals surface area contributed by atoms with Crippen LogP contribution in [0.25, 0.3) is 22.6 Å². The lowest BCUT2D eigenvalue weighted by Gasteiger charge is -2.06. The van der Waals surface area contributed by atoms with E-state index in [9.17, 15) is 9.59 Å². The number of hydrogen-bond acceptors (Lipinski definition) is 6. The van der Waals surface area contributed by atoms with E-state index in [-0.39, 0.29) is 18.9 Å². The molecule has 0 aliphatic rings. The van der Waals surface area contributed by atoms with E-state index < -0.39 is 5.76 Å². The van der Waals surface area contributed by atoms with Gasteiger partial charge in [0.05, 0.1) is 5.52 Å². The maximum Gasteiger partial charge on any atom is 0.419 e. The van der Waals surface area contributed by atoms with Crippen LogP contribution in [0.15, 0.2) is 62.5 Å². The highest BCUT2D eigenvalue weighted by Gasteiger charge is 2.12. The quantitative estimate of drug-likeness (QED) is 0.566. The summed E-state index contributed by atoms with van der Waals surface area (Å²) < 4.78 is 11.7. The van der Waals surface area contributed by atoms with E-state index in [2.05, 4.69) is 15.5 Å². The lowest BCUT2D eigenvalue weighted by molar-refractivity contribution is -0.116. The van der Waals surface area contributed by atoms with Crippen LogP contribution in [0.3, 0.4) is 0 Å².